The van der Waals surface area contributed by atoms with E-state index in [2.05, 4.69) is 10.3 Å². The molecular formula is C15H12F3N3O. The molecule has 1 aromatic carbocycles. The number of nitrogens with zero attached hydrogens (tertiary/aromatic N) is 2. The third kappa shape index (κ3) is 2.88. The summed E-state index contributed by atoms with van der Waals surface area (Å²) in [4.78, 5) is 17.9. The molecule has 22 heavy (non-hydrogen) atoms. The second kappa shape index (κ2) is 5.32. The first-order chi connectivity index (χ1) is 10.4. The van der Waals surface area contributed by atoms with Gasteiger partial charge in [-0.1, -0.05) is 6.07 Å². The number of rotatable bonds is 1. The number of nitrogens with one attached hydrogen (secondary N) is 1. The molecule has 1 aliphatic heterocycles. The van der Waals surface area contributed by atoms with Crippen LogP contribution in [-0.4, -0.2) is 15.9 Å². The fourth-order valence-electron chi connectivity index (χ4n) is 2.29. The van der Waals surface area contributed by atoms with Crippen LogP contribution < -0.4 is 5.32 Å². The minimum Gasteiger partial charge on any atom is -0.314 e. The summed E-state index contributed by atoms with van der Waals surface area (Å²) in [7, 11) is 0. The maximum absolute atomic E-state index is 12.5. The number of carbonyl (C=O) groups is 1. The van der Waals surface area contributed by atoms with E-state index >= 15 is 0 Å². The summed E-state index contributed by atoms with van der Waals surface area (Å²) in [5.74, 6) is 0. The Morgan fingerprint density at radius 2 is 1.86 bits per heavy atom. The van der Waals surface area contributed by atoms with Crippen LogP contribution in [0.5, 0.6) is 0 Å². The molecule has 1 aromatic heterocycles. The van der Waals surface area contributed by atoms with E-state index in [0.29, 0.717) is 18.8 Å². The second-order valence-electron chi connectivity index (χ2n) is 4.97. The number of alkyl halides is 3. The van der Waals surface area contributed by atoms with Gasteiger partial charge in [0.15, 0.2) is 0 Å². The molecule has 2 aromatic rings. The molecule has 0 aliphatic carbocycles. The van der Waals surface area contributed by atoms with Crippen molar-refractivity contribution in [1.82, 2.24) is 9.88 Å². The van der Waals surface area contributed by atoms with E-state index in [1.807, 2.05) is 6.07 Å². The van der Waals surface area contributed by atoms with Crippen molar-refractivity contribution in [1.29, 1.82) is 0 Å². The zero-order valence-corrected chi connectivity index (χ0v) is 11.4. The number of anilines is 1. The van der Waals surface area contributed by atoms with Crippen LogP contribution in [-0.2, 0) is 19.3 Å². The van der Waals surface area contributed by atoms with Gasteiger partial charge in [0, 0.05) is 18.4 Å². The van der Waals surface area contributed by atoms with Gasteiger partial charge in [-0.2, -0.15) is 13.2 Å². The van der Waals surface area contributed by atoms with Gasteiger partial charge in [-0.3, -0.25) is 4.98 Å². The Labute approximate surface area is 124 Å². The molecule has 2 heterocycles. The minimum absolute atomic E-state index is 0.321. The Balaban J connectivity index is 1.66. The predicted molar refractivity (Wildman–Crippen MR) is 73.9 cm³/mol. The van der Waals surface area contributed by atoms with Crippen molar-refractivity contribution >= 4 is 11.7 Å². The number of pyridine rings is 1. The molecule has 0 spiro atoms. The summed E-state index contributed by atoms with van der Waals surface area (Å²) in [5.41, 5.74) is 1.39. The molecule has 1 N–H and O–H groups in total. The van der Waals surface area contributed by atoms with Crippen molar-refractivity contribution in [3.05, 3.63) is 59.4 Å². The first-order valence-electron chi connectivity index (χ1n) is 6.59. The van der Waals surface area contributed by atoms with Crippen LogP contribution in [0, 0.1) is 0 Å². The fraction of sp³-hybridized carbons (Fsp3) is 0.200. The molecule has 0 bridgehead atoms. The third-order valence-electron chi connectivity index (χ3n) is 3.44. The molecule has 7 heteroatoms. The molecule has 0 unspecified atom stereocenters. The van der Waals surface area contributed by atoms with Gasteiger partial charge in [0.05, 0.1) is 17.8 Å². The zero-order chi connectivity index (χ0) is 15.7. The number of hydrogen-bond donors (Lipinski definition) is 1. The van der Waals surface area contributed by atoms with Crippen molar-refractivity contribution in [2.24, 2.45) is 0 Å². The van der Waals surface area contributed by atoms with E-state index in [9.17, 15) is 18.0 Å². The standard InChI is InChI=1S/C15H12F3N3O/c16-15(17,18)11-3-5-12(6-4-11)20-14(22)21-8-10-2-1-7-19-13(10)9-21/h1-7H,8-9H2,(H,20,22). The number of urea groups is 1. The highest BCUT2D eigenvalue weighted by Crippen LogP contribution is 2.30. The topological polar surface area (TPSA) is 45.2 Å². The largest absolute Gasteiger partial charge is 0.416 e. The van der Waals surface area contributed by atoms with Crippen LogP contribution in [0.1, 0.15) is 16.8 Å². The van der Waals surface area contributed by atoms with Crippen molar-refractivity contribution in [3.8, 4) is 0 Å². The van der Waals surface area contributed by atoms with Crippen LogP contribution in [0.2, 0.25) is 0 Å². The minimum atomic E-state index is -4.38. The summed E-state index contributed by atoms with van der Waals surface area (Å²) in [5, 5.41) is 2.59. The molecule has 0 fully saturated rings. The molecule has 1 aliphatic rings. The summed E-state index contributed by atoms with van der Waals surface area (Å²) in [6.45, 7) is 0.832. The van der Waals surface area contributed by atoms with Crippen LogP contribution >= 0.6 is 0 Å². The molecular weight excluding hydrogens is 295 g/mol. The maximum atomic E-state index is 12.5. The van der Waals surface area contributed by atoms with Crippen LogP contribution in [0.25, 0.3) is 0 Å². The van der Waals surface area contributed by atoms with Gasteiger partial charge in [0.25, 0.3) is 0 Å². The zero-order valence-electron chi connectivity index (χ0n) is 11.4. The molecule has 0 saturated heterocycles. The van der Waals surface area contributed by atoms with Crippen molar-refractivity contribution < 1.29 is 18.0 Å². The number of carbonyl (C=O) groups excluding carboxylic acids is 1. The van der Waals surface area contributed by atoms with Gasteiger partial charge in [0.2, 0.25) is 0 Å². The lowest BCUT2D eigenvalue weighted by atomic mass is 10.2. The van der Waals surface area contributed by atoms with Crippen LogP contribution in [0.15, 0.2) is 42.6 Å². The highest BCUT2D eigenvalue weighted by molar-refractivity contribution is 5.89. The van der Waals surface area contributed by atoms with Gasteiger partial charge < -0.3 is 10.2 Å². The molecule has 3 rings (SSSR count). The number of amides is 2. The predicted octanol–water partition coefficient (Wildman–Crippen LogP) is 3.65. The highest BCUT2D eigenvalue weighted by Gasteiger charge is 2.30. The molecule has 0 radical (unpaired) electrons. The molecule has 0 saturated carbocycles. The number of benzene rings is 1. The smallest absolute Gasteiger partial charge is 0.314 e. The van der Waals surface area contributed by atoms with Gasteiger partial charge in [-0.25, -0.2) is 4.79 Å². The van der Waals surface area contributed by atoms with Gasteiger partial charge in [0.1, 0.15) is 0 Å². The lowest BCUT2D eigenvalue weighted by Gasteiger charge is -2.16. The Hall–Kier alpha value is -2.57. The van der Waals surface area contributed by atoms with Crippen molar-refractivity contribution in [2.75, 3.05) is 5.32 Å². The molecule has 0 atom stereocenters. The van der Waals surface area contributed by atoms with E-state index < -0.39 is 11.7 Å². The van der Waals surface area contributed by atoms with E-state index in [1.165, 1.54) is 12.1 Å². The summed E-state index contributed by atoms with van der Waals surface area (Å²) >= 11 is 0. The second-order valence-corrected chi connectivity index (χ2v) is 4.97. The van der Waals surface area contributed by atoms with Gasteiger partial charge in [-0.15, -0.1) is 0 Å². The Morgan fingerprint density at radius 3 is 2.50 bits per heavy atom. The quantitative estimate of drug-likeness (QED) is 0.874. The van der Waals surface area contributed by atoms with Crippen molar-refractivity contribution in [2.45, 2.75) is 19.3 Å². The monoisotopic (exact) mass is 307 g/mol. The number of halogens is 3. The number of aromatic nitrogens is 1. The van der Waals surface area contributed by atoms with E-state index in [-0.39, 0.29) is 6.03 Å². The summed E-state index contributed by atoms with van der Waals surface area (Å²) in [6.07, 6.45) is -2.72. The Bertz CT molecular complexity index is 673. The number of hydrogen-bond acceptors (Lipinski definition) is 2. The lowest BCUT2D eigenvalue weighted by Crippen LogP contribution is -2.30. The van der Waals surface area contributed by atoms with Crippen LogP contribution in [0.4, 0.5) is 23.7 Å². The van der Waals surface area contributed by atoms with Crippen molar-refractivity contribution in [3.63, 3.8) is 0 Å². The average Bonchev–Trinajstić information content (AvgIpc) is 2.91. The van der Waals surface area contributed by atoms with E-state index in [0.717, 1.165) is 23.4 Å². The first kappa shape index (κ1) is 14.4. The molecule has 114 valence electrons. The van der Waals surface area contributed by atoms with Gasteiger partial charge in [-0.05, 0) is 35.9 Å². The normalized spacial score (nSPS) is 13.9. The van der Waals surface area contributed by atoms with E-state index in [1.54, 1.807) is 17.2 Å². The number of fused-ring (bicyclic) bond motifs is 1. The maximum Gasteiger partial charge on any atom is 0.416 e. The van der Waals surface area contributed by atoms with E-state index in [4.69, 9.17) is 0 Å². The average molecular weight is 307 g/mol. The Kier molecular flexibility index (Phi) is 3.48. The summed E-state index contributed by atoms with van der Waals surface area (Å²) < 4.78 is 37.4. The SMILES string of the molecule is O=C(Nc1ccc(C(F)(F)F)cc1)N1Cc2cccnc2C1. The molecule has 4 nitrogen and oxygen atoms in total. The Morgan fingerprint density at radius 1 is 1.14 bits per heavy atom. The molecule has 2 amide bonds. The third-order valence-corrected chi connectivity index (χ3v) is 3.44. The highest BCUT2D eigenvalue weighted by atomic mass is 19.4. The fourth-order valence-corrected chi connectivity index (χ4v) is 2.29. The first-order valence-corrected chi connectivity index (χ1v) is 6.59. The van der Waals surface area contributed by atoms with Gasteiger partial charge >= 0.3 is 12.2 Å². The summed E-state index contributed by atoms with van der Waals surface area (Å²) in [6, 6.07) is 7.69. The van der Waals surface area contributed by atoms with Crippen LogP contribution in [0.3, 0.4) is 0 Å². The lowest BCUT2D eigenvalue weighted by molar-refractivity contribution is -0.137.